The van der Waals surface area contributed by atoms with Gasteiger partial charge >= 0.3 is 0 Å². The third-order valence-corrected chi connectivity index (χ3v) is 4.57. The van der Waals surface area contributed by atoms with Crippen molar-refractivity contribution in [2.45, 2.75) is 12.5 Å². The van der Waals surface area contributed by atoms with Gasteiger partial charge in [-0.1, -0.05) is 72.8 Å². The number of fused-ring (bicyclic) bond motifs is 1. The van der Waals surface area contributed by atoms with E-state index < -0.39 is 6.04 Å². The van der Waals surface area contributed by atoms with Crippen molar-refractivity contribution in [3.63, 3.8) is 0 Å². The molecule has 0 N–H and O–H groups in total. The Morgan fingerprint density at radius 1 is 0.800 bits per heavy atom. The number of carbonyl (C=O) groups is 2. The van der Waals surface area contributed by atoms with Crippen LogP contribution in [0.1, 0.15) is 33.1 Å². The highest BCUT2D eigenvalue weighted by atomic mass is 16.2. The number of rotatable bonds is 2. The number of hydrogen-bond donors (Lipinski definition) is 0. The van der Waals surface area contributed by atoms with Crippen LogP contribution in [0.15, 0.2) is 84.9 Å². The number of benzene rings is 3. The van der Waals surface area contributed by atoms with Gasteiger partial charge in [0.05, 0.1) is 12.5 Å². The maximum Gasteiger partial charge on any atom is 0.261 e. The molecule has 1 atom stereocenters. The molecule has 0 aliphatic carbocycles. The molecule has 0 fully saturated rings. The van der Waals surface area contributed by atoms with Gasteiger partial charge < -0.3 is 0 Å². The van der Waals surface area contributed by atoms with Gasteiger partial charge in [-0.05, 0) is 28.8 Å². The van der Waals surface area contributed by atoms with E-state index in [4.69, 9.17) is 0 Å². The van der Waals surface area contributed by atoms with E-state index >= 15 is 0 Å². The summed E-state index contributed by atoms with van der Waals surface area (Å²) in [4.78, 5) is 27.4. The van der Waals surface area contributed by atoms with Crippen molar-refractivity contribution in [3.8, 4) is 0 Å². The monoisotopic (exact) mass is 327 g/mol. The van der Waals surface area contributed by atoms with Gasteiger partial charge in [0.1, 0.15) is 0 Å². The number of hydrogen-bond acceptors (Lipinski definition) is 2. The molecule has 3 aromatic carbocycles. The van der Waals surface area contributed by atoms with Crippen LogP contribution >= 0.6 is 0 Å². The third kappa shape index (κ3) is 2.74. The predicted octanol–water partition coefficient (Wildman–Crippen LogP) is 4.00. The molecule has 0 saturated heterocycles. The Hall–Kier alpha value is -3.20. The summed E-state index contributed by atoms with van der Waals surface area (Å²) in [5.74, 6) is -0.421. The van der Waals surface area contributed by atoms with Crippen LogP contribution < -0.4 is 0 Å². The molecule has 3 heteroatoms. The molecule has 0 spiro atoms. The smallest absolute Gasteiger partial charge is 0.261 e. The average molecular weight is 327 g/mol. The topological polar surface area (TPSA) is 37.4 Å². The number of amides is 2. The maximum absolute atomic E-state index is 13.1. The number of imide groups is 1. The Balaban J connectivity index is 1.87. The lowest BCUT2D eigenvalue weighted by molar-refractivity contribution is -0.130. The van der Waals surface area contributed by atoms with E-state index in [-0.39, 0.29) is 18.2 Å². The summed E-state index contributed by atoms with van der Waals surface area (Å²) in [5, 5.41) is 0. The fraction of sp³-hybridized carbons (Fsp3) is 0.0909. The van der Waals surface area contributed by atoms with Gasteiger partial charge in [-0.2, -0.15) is 0 Å². The lowest BCUT2D eigenvalue weighted by Gasteiger charge is -2.36. The van der Waals surface area contributed by atoms with Gasteiger partial charge in [0, 0.05) is 5.56 Å². The largest absolute Gasteiger partial charge is 0.274 e. The molecular weight excluding hydrogens is 310 g/mol. The first-order valence-electron chi connectivity index (χ1n) is 8.30. The van der Waals surface area contributed by atoms with Crippen LogP contribution in [0.25, 0.3) is 0 Å². The first-order chi connectivity index (χ1) is 12.3. The Labute approximate surface area is 146 Å². The molecule has 0 bridgehead atoms. The van der Waals surface area contributed by atoms with Crippen LogP contribution in [0.2, 0.25) is 0 Å². The van der Waals surface area contributed by atoms with Crippen LogP contribution in [0.3, 0.4) is 0 Å². The van der Waals surface area contributed by atoms with Crippen LogP contribution in [-0.4, -0.2) is 16.7 Å². The molecule has 1 aliphatic heterocycles. The maximum atomic E-state index is 13.1. The SMILES string of the molecule is O=C1Cc2ccccc2C(c2ccccc2)N1C(=O)c1ccccc1. The normalized spacial score (nSPS) is 16.4. The molecule has 3 nitrogen and oxygen atoms in total. The Morgan fingerprint density at radius 2 is 1.40 bits per heavy atom. The second-order valence-electron chi connectivity index (χ2n) is 6.12. The van der Waals surface area contributed by atoms with Crippen molar-refractivity contribution in [1.82, 2.24) is 4.90 Å². The predicted molar refractivity (Wildman–Crippen MR) is 96.0 cm³/mol. The summed E-state index contributed by atoms with van der Waals surface area (Å²) in [7, 11) is 0. The molecule has 25 heavy (non-hydrogen) atoms. The van der Waals surface area contributed by atoms with E-state index in [1.807, 2.05) is 72.8 Å². The molecule has 0 saturated carbocycles. The van der Waals surface area contributed by atoms with Crippen molar-refractivity contribution in [3.05, 3.63) is 107 Å². The summed E-state index contributed by atoms with van der Waals surface area (Å²) in [6, 6.07) is 26.2. The summed E-state index contributed by atoms with van der Waals surface area (Å²) in [6.07, 6.45) is 0.248. The fourth-order valence-corrected chi connectivity index (χ4v) is 3.41. The number of carbonyl (C=O) groups excluding carboxylic acids is 2. The second kappa shape index (κ2) is 6.36. The highest BCUT2D eigenvalue weighted by Gasteiger charge is 2.37. The molecule has 1 heterocycles. The van der Waals surface area contributed by atoms with Gasteiger partial charge in [0.15, 0.2) is 0 Å². The van der Waals surface area contributed by atoms with Crippen molar-refractivity contribution in [1.29, 1.82) is 0 Å². The quantitative estimate of drug-likeness (QED) is 0.667. The van der Waals surface area contributed by atoms with Crippen molar-refractivity contribution >= 4 is 11.8 Å². The Kier molecular flexibility index (Phi) is 3.90. The van der Waals surface area contributed by atoms with Gasteiger partial charge in [-0.25, -0.2) is 0 Å². The molecule has 122 valence electrons. The van der Waals surface area contributed by atoms with Gasteiger partial charge in [0.2, 0.25) is 5.91 Å². The zero-order chi connectivity index (χ0) is 17.2. The number of nitrogens with zero attached hydrogens (tertiary/aromatic N) is 1. The highest BCUT2D eigenvalue weighted by molar-refractivity contribution is 6.06. The Bertz CT molecular complexity index is 919. The van der Waals surface area contributed by atoms with Crippen molar-refractivity contribution < 1.29 is 9.59 Å². The fourth-order valence-electron chi connectivity index (χ4n) is 3.41. The summed E-state index contributed by atoms with van der Waals surface area (Å²) < 4.78 is 0. The van der Waals surface area contributed by atoms with E-state index in [1.54, 1.807) is 12.1 Å². The summed E-state index contributed by atoms with van der Waals surface area (Å²) >= 11 is 0. The standard InChI is InChI=1S/C22H17NO2/c24-20-15-18-13-7-8-14-19(18)21(16-9-3-1-4-10-16)23(20)22(25)17-11-5-2-6-12-17/h1-14,21H,15H2. The lowest BCUT2D eigenvalue weighted by Crippen LogP contribution is -2.44. The summed E-state index contributed by atoms with van der Waals surface area (Å²) in [5.41, 5.74) is 3.46. The van der Waals surface area contributed by atoms with Crippen LogP contribution in [-0.2, 0) is 11.2 Å². The molecule has 1 aliphatic rings. The zero-order valence-corrected chi connectivity index (χ0v) is 13.6. The van der Waals surface area contributed by atoms with Crippen LogP contribution in [0.5, 0.6) is 0 Å². The minimum Gasteiger partial charge on any atom is -0.274 e. The molecule has 0 radical (unpaired) electrons. The van der Waals surface area contributed by atoms with E-state index in [0.29, 0.717) is 5.56 Å². The minimum absolute atomic E-state index is 0.165. The van der Waals surface area contributed by atoms with E-state index in [9.17, 15) is 9.59 Å². The van der Waals surface area contributed by atoms with Gasteiger partial charge in [0.25, 0.3) is 5.91 Å². The zero-order valence-electron chi connectivity index (χ0n) is 13.6. The second-order valence-corrected chi connectivity index (χ2v) is 6.12. The molecular formula is C22H17NO2. The van der Waals surface area contributed by atoms with E-state index in [1.165, 1.54) is 4.90 Å². The van der Waals surface area contributed by atoms with Gasteiger partial charge in [-0.3, -0.25) is 14.5 Å². The van der Waals surface area contributed by atoms with Crippen molar-refractivity contribution in [2.75, 3.05) is 0 Å². The van der Waals surface area contributed by atoms with Gasteiger partial charge in [-0.15, -0.1) is 0 Å². The molecule has 4 rings (SSSR count). The van der Waals surface area contributed by atoms with E-state index in [0.717, 1.165) is 16.7 Å². The lowest BCUT2D eigenvalue weighted by atomic mass is 9.87. The molecule has 3 aromatic rings. The Morgan fingerprint density at radius 3 is 2.12 bits per heavy atom. The van der Waals surface area contributed by atoms with E-state index in [2.05, 4.69) is 0 Å². The molecule has 2 amide bonds. The van der Waals surface area contributed by atoms with Crippen LogP contribution in [0, 0.1) is 0 Å². The third-order valence-electron chi connectivity index (χ3n) is 4.57. The highest BCUT2D eigenvalue weighted by Crippen LogP contribution is 2.36. The average Bonchev–Trinajstić information content (AvgIpc) is 2.68. The first-order valence-corrected chi connectivity index (χ1v) is 8.30. The van der Waals surface area contributed by atoms with Crippen molar-refractivity contribution in [2.24, 2.45) is 0 Å². The first kappa shape index (κ1) is 15.3. The minimum atomic E-state index is -0.397. The summed E-state index contributed by atoms with van der Waals surface area (Å²) in [6.45, 7) is 0. The van der Waals surface area contributed by atoms with Crippen LogP contribution in [0.4, 0.5) is 0 Å². The molecule has 1 unspecified atom stereocenters. The molecule has 0 aromatic heterocycles.